The smallest absolute Gasteiger partial charge is 0.420 e. The van der Waals surface area contributed by atoms with E-state index in [1.54, 1.807) is 28.0 Å². The van der Waals surface area contributed by atoms with E-state index in [2.05, 4.69) is 0 Å². The number of ether oxygens (including phenoxy) is 2. The molecule has 308 valence electrons. The summed E-state index contributed by atoms with van der Waals surface area (Å²) in [6.45, 7) is 0.970. The Morgan fingerprint density at radius 2 is 1.02 bits per heavy atom. The van der Waals surface area contributed by atoms with Crippen molar-refractivity contribution in [1.29, 1.82) is 0 Å². The van der Waals surface area contributed by atoms with E-state index in [9.17, 15) is 39.5 Å². The molecule has 0 amide bonds. The molecular weight excluding hydrogens is 755 g/mol. The van der Waals surface area contributed by atoms with E-state index < -0.39 is 54.0 Å². The second-order valence-corrected chi connectivity index (χ2v) is 14.4. The van der Waals surface area contributed by atoms with E-state index in [-0.39, 0.29) is 79.3 Å². The summed E-state index contributed by atoms with van der Waals surface area (Å²) in [5.41, 5.74) is 15.8. The number of anilines is 3. The quantitative estimate of drug-likeness (QED) is 0.168. The summed E-state index contributed by atoms with van der Waals surface area (Å²) in [5, 5.41) is 0. The number of nitrogens with zero attached hydrogens (tertiary/aromatic N) is 3. The van der Waals surface area contributed by atoms with Crippen LogP contribution in [-0.2, 0) is 49.5 Å². The van der Waals surface area contributed by atoms with Crippen LogP contribution in [0.15, 0.2) is 42.5 Å². The molecule has 6 N–H and O–H groups in total. The first-order valence-electron chi connectivity index (χ1n) is 18.8. The highest BCUT2D eigenvalue weighted by Crippen LogP contribution is 2.45. The first-order chi connectivity index (χ1) is 26.5. The first-order valence-corrected chi connectivity index (χ1v) is 18.8. The van der Waals surface area contributed by atoms with E-state index in [0.717, 1.165) is 18.9 Å². The molecule has 0 atom stereocenters. The first kappa shape index (κ1) is 41.7. The standard InChI is InChI=1S/C39H47F9N6O2/c40-37(41,42)30-4-3-5-31(27(30)20-49)53-16-10-25(11-17-53)55-23-24-6-7-32(28(21-50)35(24)38(43,44)45)54-18-12-26(13-19-54)56-34-9-8-33(52-14-1-2-15-52)29(22-51)36(34)39(46,47)48/h3-9,25-26H,1-2,10-23,49-51H2. The molecule has 0 radical (unpaired) electrons. The van der Waals surface area contributed by atoms with Crippen molar-refractivity contribution in [2.75, 3.05) is 54.0 Å². The summed E-state index contributed by atoms with van der Waals surface area (Å²) < 4.78 is 140. The minimum atomic E-state index is -4.77. The molecule has 8 nitrogen and oxygen atoms in total. The van der Waals surface area contributed by atoms with Crippen LogP contribution in [0.3, 0.4) is 0 Å². The Bertz CT molecular complexity index is 1810. The molecule has 56 heavy (non-hydrogen) atoms. The average molecular weight is 803 g/mol. The Kier molecular flexibility index (Phi) is 12.6. The summed E-state index contributed by atoms with van der Waals surface area (Å²) in [7, 11) is 0. The number of hydrogen-bond donors (Lipinski definition) is 3. The Hall–Kier alpha value is -3.93. The fraction of sp³-hybridized carbons (Fsp3) is 0.538. The summed E-state index contributed by atoms with van der Waals surface area (Å²) >= 11 is 0. The molecule has 3 aliphatic rings. The van der Waals surface area contributed by atoms with Gasteiger partial charge in [-0.15, -0.1) is 0 Å². The molecule has 0 aromatic heterocycles. The maximum Gasteiger partial charge on any atom is 0.420 e. The molecule has 0 bridgehead atoms. The predicted octanol–water partition coefficient (Wildman–Crippen LogP) is 7.95. The molecule has 3 fully saturated rings. The molecule has 3 aliphatic heterocycles. The van der Waals surface area contributed by atoms with Crippen molar-refractivity contribution in [2.45, 2.75) is 95.5 Å². The van der Waals surface area contributed by atoms with Gasteiger partial charge in [-0.3, -0.25) is 0 Å². The number of piperidine rings is 2. The highest BCUT2D eigenvalue weighted by Gasteiger charge is 2.41. The van der Waals surface area contributed by atoms with E-state index in [1.807, 2.05) is 4.90 Å². The molecular formula is C39H47F9N6O2. The van der Waals surface area contributed by atoms with Gasteiger partial charge in [-0.25, -0.2) is 0 Å². The molecule has 17 heteroatoms. The molecule has 3 aromatic rings. The van der Waals surface area contributed by atoms with Gasteiger partial charge in [0.1, 0.15) is 17.4 Å². The van der Waals surface area contributed by atoms with E-state index in [0.29, 0.717) is 50.4 Å². The van der Waals surface area contributed by atoms with Gasteiger partial charge in [0.2, 0.25) is 0 Å². The fourth-order valence-electron chi connectivity index (χ4n) is 8.36. The molecule has 0 aliphatic carbocycles. The number of rotatable bonds is 11. The van der Waals surface area contributed by atoms with Crippen molar-refractivity contribution in [3.05, 3.63) is 81.4 Å². The number of nitrogens with two attached hydrogens (primary N) is 3. The third kappa shape index (κ3) is 8.95. The van der Waals surface area contributed by atoms with Crippen LogP contribution in [0, 0.1) is 0 Å². The van der Waals surface area contributed by atoms with Crippen molar-refractivity contribution in [1.82, 2.24) is 0 Å². The predicted molar refractivity (Wildman–Crippen MR) is 195 cm³/mol. The normalized spacial score (nSPS) is 18.0. The lowest BCUT2D eigenvalue weighted by atomic mass is 9.96. The van der Waals surface area contributed by atoms with Gasteiger partial charge >= 0.3 is 18.5 Å². The summed E-state index contributed by atoms with van der Waals surface area (Å²) in [6, 6.07) is 9.77. The average Bonchev–Trinajstić information content (AvgIpc) is 3.70. The van der Waals surface area contributed by atoms with Crippen molar-refractivity contribution >= 4 is 17.1 Å². The molecule has 0 spiro atoms. The van der Waals surface area contributed by atoms with E-state index in [1.165, 1.54) is 18.2 Å². The number of hydrogen-bond acceptors (Lipinski definition) is 8. The molecule has 3 saturated heterocycles. The molecule has 6 rings (SSSR count). The van der Waals surface area contributed by atoms with E-state index in [4.69, 9.17) is 26.7 Å². The van der Waals surface area contributed by atoms with Crippen LogP contribution in [0.2, 0.25) is 0 Å². The summed E-state index contributed by atoms with van der Waals surface area (Å²) in [6.07, 6.45) is -12.1. The Balaban J connectivity index is 1.12. The Morgan fingerprint density at radius 3 is 1.54 bits per heavy atom. The van der Waals surface area contributed by atoms with Gasteiger partial charge in [-0.2, -0.15) is 39.5 Å². The molecule has 0 unspecified atom stereocenters. The maximum absolute atomic E-state index is 14.7. The van der Waals surface area contributed by atoms with Crippen LogP contribution >= 0.6 is 0 Å². The highest BCUT2D eigenvalue weighted by atomic mass is 19.4. The van der Waals surface area contributed by atoms with E-state index >= 15 is 0 Å². The SMILES string of the molecule is NCc1c(N2CCC(OCc3ccc(N4CCC(Oc5ccc(N6CCCC6)c(CN)c5C(F)(F)F)CC4)c(CN)c3C(F)(F)F)CC2)cccc1C(F)(F)F. The third-order valence-electron chi connectivity index (χ3n) is 11.0. The highest BCUT2D eigenvalue weighted by molar-refractivity contribution is 5.63. The Morgan fingerprint density at radius 1 is 0.536 bits per heavy atom. The van der Waals surface area contributed by atoms with Crippen LogP contribution in [0.1, 0.15) is 77.5 Å². The van der Waals surface area contributed by atoms with Crippen LogP contribution in [-0.4, -0.2) is 51.5 Å². The van der Waals surface area contributed by atoms with Crippen molar-refractivity contribution < 1.29 is 49.0 Å². The van der Waals surface area contributed by atoms with Gasteiger partial charge in [-0.1, -0.05) is 12.1 Å². The molecule has 3 heterocycles. The molecule has 3 aromatic carbocycles. The lowest BCUT2D eigenvalue weighted by Gasteiger charge is -2.36. The minimum absolute atomic E-state index is 0.0143. The molecule has 0 saturated carbocycles. The zero-order valence-electron chi connectivity index (χ0n) is 30.8. The minimum Gasteiger partial charge on any atom is -0.490 e. The fourth-order valence-corrected chi connectivity index (χ4v) is 8.36. The van der Waals surface area contributed by atoms with Crippen LogP contribution in [0.25, 0.3) is 0 Å². The lowest BCUT2D eigenvalue weighted by molar-refractivity contribution is -0.140. The Labute approximate surface area is 319 Å². The van der Waals surface area contributed by atoms with Crippen molar-refractivity contribution in [2.24, 2.45) is 17.2 Å². The topological polar surface area (TPSA) is 106 Å². The van der Waals surface area contributed by atoms with Gasteiger partial charge in [0, 0.05) is 105 Å². The largest absolute Gasteiger partial charge is 0.490 e. The second-order valence-electron chi connectivity index (χ2n) is 14.4. The summed E-state index contributed by atoms with van der Waals surface area (Å²) in [4.78, 5) is 5.43. The lowest BCUT2D eigenvalue weighted by Crippen LogP contribution is -2.39. The van der Waals surface area contributed by atoms with Gasteiger partial charge in [-0.05, 0) is 61.6 Å². The van der Waals surface area contributed by atoms with Gasteiger partial charge < -0.3 is 41.4 Å². The second kappa shape index (κ2) is 16.9. The third-order valence-corrected chi connectivity index (χ3v) is 11.0. The van der Waals surface area contributed by atoms with Gasteiger partial charge in [0.25, 0.3) is 0 Å². The zero-order valence-corrected chi connectivity index (χ0v) is 30.8. The maximum atomic E-state index is 14.7. The van der Waals surface area contributed by atoms with Crippen molar-refractivity contribution in [3.8, 4) is 5.75 Å². The van der Waals surface area contributed by atoms with Crippen LogP contribution in [0.5, 0.6) is 5.75 Å². The monoisotopic (exact) mass is 802 g/mol. The van der Waals surface area contributed by atoms with Gasteiger partial charge in [0.05, 0.1) is 23.8 Å². The van der Waals surface area contributed by atoms with Crippen LogP contribution < -0.4 is 36.6 Å². The number of halogens is 9. The summed E-state index contributed by atoms with van der Waals surface area (Å²) in [5.74, 6) is -0.313. The number of benzene rings is 3. The van der Waals surface area contributed by atoms with Crippen LogP contribution in [0.4, 0.5) is 56.6 Å². The zero-order chi connectivity index (χ0) is 40.4. The number of alkyl halides is 9. The van der Waals surface area contributed by atoms with Gasteiger partial charge in [0.15, 0.2) is 0 Å². The van der Waals surface area contributed by atoms with Crippen molar-refractivity contribution in [3.63, 3.8) is 0 Å².